The summed E-state index contributed by atoms with van der Waals surface area (Å²) in [6, 6.07) is 9.95. The van der Waals surface area contributed by atoms with E-state index >= 15 is 0 Å². The van der Waals surface area contributed by atoms with Crippen molar-refractivity contribution < 1.29 is 4.79 Å². The summed E-state index contributed by atoms with van der Waals surface area (Å²) >= 11 is 0. The molecule has 150 valence electrons. The Morgan fingerprint density at radius 3 is 2.69 bits per heavy atom. The van der Waals surface area contributed by atoms with Crippen LogP contribution in [0.1, 0.15) is 42.8 Å². The molecule has 1 N–H and O–H groups in total. The van der Waals surface area contributed by atoms with E-state index in [0.717, 1.165) is 17.2 Å². The van der Waals surface area contributed by atoms with Crippen LogP contribution in [-0.4, -0.2) is 42.1 Å². The number of H-pyrrole nitrogens is 1. The molecule has 3 heterocycles. The zero-order valence-electron chi connectivity index (χ0n) is 16.8. The van der Waals surface area contributed by atoms with Crippen molar-refractivity contribution in [2.24, 2.45) is 0 Å². The van der Waals surface area contributed by atoms with Gasteiger partial charge in [0.2, 0.25) is 5.91 Å². The minimum atomic E-state index is -0.234. The lowest BCUT2D eigenvalue weighted by atomic mass is 10.1. The molecule has 0 radical (unpaired) electrons. The Kier molecular flexibility index (Phi) is 5.00. The molecule has 3 aromatic rings. The van der Waals surface area contributed by atoms with Crippen LogP contribution in [0.2, 0.25) is 0 Å². The predicted molar refractivity (Wildman–Crippen MR) is 108 cm³/mol. The zero-order valence-corrected chi connectivity index (χ0v) is 16.8. The highest BCUT2D eigenvalue weighted by molar-refractivity contribution is 5.79. The van der Waals surface area contributed by atoms with Gasteiger partial charge in [0.25, 0.3) is 5.56 Å². The van der Waals surface area contributed by atoms with Gasteiger partial charge in [-0.1, -0.05) is 37.3 Å². The Labute approximate surface area is 168 Å². The number of benzene rings is 1. The molecule has 0 saturated carbocycles. The number of fused-ring (bicyclic) bond motifs is 1. The van der Waals surface area contributed by atoms with E-state index in [1.54, 1.807) is 11.8 Å². The van der Waals surface area contributed by atoms with E-state index in [4.69, 9.17) is 0 Å². The fourth-order valence-corrected chi connectivity index (χ4v) is 3.81. The van der Waals surface area contributed by atoms with Gasteiger partial charge in [0.15, 0.2) is 11.6 Å². The van der Waals surface area contributed by atoms with Gasteiger partial charge in [-0.2, -0.15) is 0 Å². The third kappa shape index (κ3) is 3.57. The molecule has 1 amide bonds. The molecule has 1 atom stereocenters. The van der Waals surface area contributed by atoms with Gasteiger partial charge in [-0.3, -0.25) is 9.59 Å². The molecule has 0 bridgehead atoms. The van der Waals surface area contributed by atoms with Crippen LogP contribution in [0.5, 0.6) is 0 Å². The smallest absolute Gasteiger partial charge is 0.254 e. The first-order valence-electron chi connectivity index (χ1n) is 9.83. The summed E-state index contributed by atoms with van der Waals surface area (Å²) in [6.07, 6.45) is 0.678. The lowest BCUT2D eigenvalue weighted by Gasteiger charge is -2.32. The quantitative estimate of drug-likeness (QED) is 0.733. The minimum Gasteiger partial charge on any atom is -0.333 e. The van der Waals surface area contributed by atoms with Gasteiger partial charge in [0.05, 0.1) is 19.0 Å². The van der Waals surface area contributed by atoms with Gasteiger partial charge in [0, 0.05) is 29.8 Å². The van der Waals surface area contributed by atoms with Gasteiger partial charge in [-0.25, -0.2) is 4.98 Å². The summed E-state index contributed by atoms with van der Waals surface area (Å²) < 4.78 is 2.09. The number of aryl methyl sites for hydroxylation is 2. The Morgan fingerprint density at radius 2 is 2.00 bits per heavy atom. The molecule has 2 aromatic heterocycles. The molecule has 1 aromatic carbocycles. The van der Waals surface area contributed by atoms with Crippen LogP contribution in [0, 0.1) is 6.92 Å². The Balaban J connectivity index is 1.56. The molecule has 0 unspecified atom stereocenters. The van der Waals surface area contributed by atoms with Crippen molar-refractivity contribution in [3.63, 3.8) is 0 Å². The van der Waals surface area contributed by atoms with Crippen molar-refractivity contribution in [2.45, 2.75) is 46.2 Å². The zero-order chi connectivity index (χ0) is 20.5. The van der Waals surface area contributed by atoms with E-state index in [0.29, 0.717) is 36.6 Å². The number of nitrogens with zero attached hydrogens (tertiary/aromatic N) is 5. The number of carbonyl (C=O) groups is 1. The number of aromatic amines is 1. The van der Waals surface area contributed by atoms with Crippen molar-refractivity contribution in [2.75, 3.05) is 6.54 Å². The number of hydrogen-bond acceptors (Lipinski definition) is 5. The molecule has 0 spiro atoms. The van der Waals surface area contributed by atoms with Crippen LogP contribution in [0.4, 0.5) is 0 Å². The fourth-order valence-electron chi connectivity index (χ4n) is 3.81. The van der Waals surface area contributed by atoms with Crippen molar-refractivity contribution in [3.05, 3.63) is 63.6 Å². The van der Waals surface area contributed by atoms with Crippen LogP contribution < -0.4 is 5.56 Å². The maximum absolute atomic E-state index is 12.9. The molecule has 1 aliphatic rings. The first kappa shape index (κ1) is 19.0. The highest BCUT2D eigenvalue weighted by Crippen LogP contribution is 2.27. The maximum atomic E-state index is 12.9. The summed E-state index contributed by atoms with van der Waals surface area (Å²) in [7, 11) is 0. The fraction of sp³-hybridized carbons (Fsp3) is 0.381. The second kappa shape index (κ2) is 7.62. The number of amides is 1. The first-order chi connectivity index (χ1) is 14.0. The summed E-state index contributed by atoms with van der Waals surface area (Å²) in [6.45, 7) is 6.67. The normalized spacial score (nSPS) is 16.0. The number of aromatic nitrogens is 5. The van der Waals surface area contributed by atoms with E-state index < -0.39 is 0 Å². The van der Waals surface area contributed by atoms with Crippen LogP contribution in [0.3, 0.4) is 0 Å². The lowest BCUT2D eigenvalue weighted by Crippen LogP contribution is -2.42. The van der Waals surface area contributed by atoms with Crippen molar-refractivity contribution >= 4 is 5.91 Å². The summed E-state index contributed by atoms with van der Waals surface area (Å²) in [5.74, 6) is 2.09. The Morgan fingerprint density at radius 1 is 1.24 bits per heavy atom. The van der Waals surface area contributed by atoms with Crippen LogP contribution in [-0.2, 0) is 24.2 Å². The molecule has 29 heavy (non-hydrogen) atoms. The number of carbonyl (C=O) groups excluding carboxylic acids is 1. The average molecular weight is 392 g/mol. The number of hydrogen-bond donors (Lipinski definition) is 1. The molecule has 8 nitrogen and oxygen atoms in total. The highest BCUT2D eigenvalue weighted by Gasteiger charge is 2.30. The van der Waals surface area contributed by atoms with E-state index in [9.17, 15) is 9.59 Å². The third-order valence-electron chi connectivity index (χ3n) is 5.34. The standard InChI is InChI=1S/C21H24N6O2/c1-4-17-22-14(3)16(21(29)23-17)10-19(28)26-11-13(2)27-18(12-26)24-25-20(27)15-8-6-5-7-9-15/h5-9,13H,4,10-12H2,1-3H3,(H,22,23,29)/t13-/m0/s1. The maximum Gasteiger partial charge on any atom is 0.254 e. The first-order valence-corrected chi connectivity index (χ1v) is 9.83. The van der Waals surface area contributed by atoms with Crippen LogP contribution >= 0.6 is 0 Å². The number of nitrogens with one attached hydrogen (secondary N) is 1. The monoisotopic (exact) mass is 392 g/mol. The highest BCUT2D eigenvalue weighted by atomic mass is 16.2. The van der Waals surface area contributed by atoms with Gasteiger partial charge in [-0.05, 0) is 13.8 Å². The predicted octanol–water partition coefficient (Wildman–Crippen LogP) is 2.05. The topological polar surface area (TPSA) is 96.8 Å². The lowest BCUT2D eigenvalue weighted by molar-refractivity contribution is -0.132. The molecule has 0 saturated heterocycles. The van der Waals surface area contributed by atoms with Gasteiger partial charge < -0.3 is 14.5 Å². The molecular weight excluding hydrogens is 368 g/mol. The van der Waals surface area contributed by atoms with Gasteiger partial charge in [-0.15, -0.1) is 10.2 Å². The van der Waals surface area contributed by atoms with Crippen molar-refractivity contribution in [3.8, 4) is 11.4 Å². The summed E-state index contributed by atoms with van der Waals surface area (Å²) in [5, 5.41) is 8.67. The molecular formula is C21H24N6O2. The second-order valence-electron chi connectivity index (χ2n) is 7.41. The Hall–Kier alpha value is -3.29. The summed E-state index contributed by atoms with van der Waals surface area (Å²) in [4.78, 5) is 34.2. The summed E-state index contributed by atoms with van der Waals surface area (Å²) in [5.41, 5.74) is 1.81. The molecule has 1 aliphatic heterocycles. The minimum absolute atomic E-state index is 0.0323. The molecule has 0 fully saturated rings. The largest absolute Gasteiger partial charge is 0.333 e. The molecule has 0 aliphatic carbocycles. The average Bonchev–Trinajstić information content (AvgIpc) is 3.15. The van der Waals surface area contributed by atoms with Crippen molar-refractivity contribution in [1.82, 2.24) is 29.6 Å². The van der Waals surface area contributed by atoms with E-state index in [2.05, 4.69) is 24.7 Å². The molecule has 4 rings (SSSR count). The van der Waals surface area contributed by atoms with Crippen LogP contribution in [0.15, 0.2) is 35.1 Å². The van der Waals surface area contributed by atoms with E-state index in [1.807, 2.05) is 44.2 Å². The van der Waals surface area contributed by atoms with E-state index in [1.165, 1.54) is 0 Å². The van der Waals surface area contributed by atoms with E-state index in [-0.39, 0.29) is 23.9 Å². The third-order valence-corrected chi connectivity index (χ3v) is 5.34. The van der Waals surface area contributed by atoms with Crippen LogP contribution in [0.25, 0.3) is 11.4 Å². The van der Waals surface area contributed by atoms with Gasteiger partial charge >= 0.3 is 0 Å². The second-order valence-corrected chi connectivity index (χ2v) is 7.41. The van der Waals surface area contributed by atoms with Crippen molar-refractivity contribution in [1.29, 1.82) is 0 Å². The number of rotatable bonds is 4. The van der Waals surface area contributed by atoms with Gasteiger partial charge in [0.1, 0.15) is 5.82 Å². The SMILES string of the molecule is CCc1nc(C)c(CC(=O)N2Cc3nnc(-c4ccccc4)n3[C@@H](C)C2)c(=O)[nH]1. The Bertz CT molecular complexity index is 1100. The molecule has 8 heteroatoms.